The van der Waals surface area contributed by atoms with E-state index in [0.29, 0.717) is 12.6 Å². The number of nitrogens with zero attached hydrogens (tertiary/aromatic N) is 4. The second-order valence-corrected chi connectivity index (χ2v) is 4.14. The first kappa shape index (κ1) is 9.59. The van der Waals surface area contributed by atoms with Crippen LogP contribution in [0.5, 0.6) is 0 Å². The quantitative estimate of drug-likeness (QED) is 0.802. The van der Waals surface area contributed by atoms with Crippen molar-refractivity contribution >= 4 is 11.3 Å². The van der Waals surface area contributed by atoms with E-state index >= 15 is 0 Å². The molecular formula is C11H15N5. The second-order valence-electron chi connectivity index (χ2n) is 4.14. The topological polar surface area (TPSA) is 59.5 Å². The fourth-order valence-electron chi connectivity index (χ4n) is 2.42. The van der Waals surface area contributed by atoms with Crippen molar-refractivity contribution in [1.29, 1.82) is 0 Å². The largest absolute Gasteiger partial charge is 0.351 e. The maximum absolute atomic E-state index is 5.79. The predicted molar refractivity (Wildman–Crippen MR) is 62.4 cm³/mol. The van der Waals surface area contributed by atoms with Crippen LogP contribution in [0.1, 0.15) is 12.8 Å². The minimum Gasteiger partial charge on any atom is -0.351 e. The molecule has 0 saturated carbocycles. The first-order valence-corrected chi connectivity index (χ1v) is 5.65. The lowest BCUT2D eigenvalue weighted by atomic mass is 10.2. The lowest BCUT2D eigenvalue weighted by molar-refractivity contribution is 0.671. The van der Waals surface area contributed by atoms with Crippen LogP contribution in [0, 0.1) is 0 Å². The van der Waals surface area contributed by atoms with Gasteiger partial charge >= 0.3 is 0 Å². The van der Waals surface area contributed by atoms with E-state index in [1.54, 1.807) is 12.4 Å². The number of fused-ring (bicyclic) bond motifs is 1. The molecule has 1 fully saturated rings. The van der Waals surface area contributed by atoms with Crippen molar-refractivity contribution in [2.45, 2.75) is 18.9 Å². The van der Waals surface area contributed by atoms with Crippen molar-refractivity contribution in [1.82, 2.24) is 14.6 Å². The Morgan fingerprint density at radius 2 is 2.38 bits per heavy atom. The van der Waals surface area contributed by atoms with Gasteiger partial charge in [-0.3, -0.25) is 0 Å². The first-order valence-electron chi connectivity index (χ1n) is 5.65. The maximum atomic E-state index is 5.79. The molecule has 0 amide bonds. The highest BCUT2D eigenvalue weighted by molar-refractivity contribution is 5.68. The van der Waals surface area contributed by atoms with Gasteiger partial charge in [-0.15, -0.1) is 0 Å². The highest BCUT2D eigenvalue weighted by Gasteiger charge is 2.25. The zero-order chi connectivity index (χ0) is 11.0. The highest BCUT2D eigenvalue weighted by atomic mass is 15.3. The zero-order valence-electron chi connectivity index (χ0n) is 9.08. The van der Waals surface area contributed by atoms with E-state index in [1.807, 2.05) is 16.8 Å². The number of rotatable bonds is 2. The van der Waals surface area contributed by atoms with E-state index in [2.05, 4.69) is 15.0 Å². The molecule has 1 atom stereocenters. The van der Waals surface area contributed by atoms with E-state index in [9.17, 15) is 0 Å². The Hall–Kier alpha value is -1.62. The molecule has 1 aliphatic rings. The Kier molecular flexibility index (Phi) is 2.25. The summed E-state index contributed by atoms with van der Waals surface area (Å²) < 4.78 is 1.86. The van der Waals surface area contributed by atoms with Gasteiger partial charge in [0, 0.05) is 31.5 Å². The molecule has 0 aliphatic carbocycles. The van der Waals surface area contributed by atoms with E-state index in [-0.39, 0.29) is 0 Å². The van der Waals surface area contributed by atoms with Gasteiger partial charge in [0.05, 0.1) is 6.20 Å². The lowest BCUT2D eigenvalue weighted by Gasteiger charge is -2.24. The Morgan fingerprint density at radius 3 is 3.25 bits per heavy atom. The van der Waals surface area contributed by atoms with Crippen LogP contribution in [-0.2, 0) is 0 Å². The zero-order valence-corrected chi connectivity index (χ0v) is 9.08. The van der Waals surface area contributed by atoms with Crippen molar-refractivity contribution in [2.24, 2.45) is 5.73 Å². The SMILES string of the molecule is NCC1CCCN1c1nccn2nccc12. The molecule has 84 valence electrons. The molecule has 0 bridgehead atoms. The molecule has 5 nitrogen and oxygen atoms in total. The Labute approximate surface area is 93.9 Å². The molecule has 3 heterocycles. The summed E-state index contributed by atoms with van der Waals surface area (Å²) in [5.41, 5.74) is 6.85. The van der Waals surface area contributed by atoms with Crippen LogP contribution in [0.4, 0.5) is 5.82 Å². The summed E-state index contributed by atoms with van der Waals surface area (Å²) in [5.74, 6) is 1.01. The molecule has 1 unspecified atom stereocenters. The van der Waals surface area contributed by atoms with Gasteiger partial charge in [0.1, 0.15) is 5.52 Å². The third kappa shape index (κ3) is 1.36. The van der Waals surface area contributed by atoms with E-state index in [4.69, 9.17) is 5.73 Å². The van der Waals surface area contributed by atoms with E-state index < -0.39 is 0 Å². The fraction of sp³-hybridized carbons (Fsp3) is 0.455. The molecule has 2 aromatic heterocycles. The number of anilines is 1. The number of hydrogen-bond donors (Lipinski definition) is 1. The fourth-order valence-corrected chi connectivity index (χ4v) is 2.42. The van der Waals surface area contributed by atoms with Crippen LogP contribution in [-0.4, -0.2) is 33.7 Å². The molecule has 0 spiro atoms. The average Bonchev–Trinajstić information content (AvgIpc) is 2.96. The van der Waals surface area contributed by atoms with Crippen molar-refractivity contribution in [3.05, 3.63) is 24.7 Å². The van der Waals surface area contributed by atoms with Gasteiger partial charge in [-0.1, -0.05) is 0 Å². The van der Waals surface area contributed by atoms with Crippen molar-refractivity contribution in [2.75, 3.05) is 18.0 Å². The van der Waals surface area contributed by atoms with E-state index in [1.165, 1.54) is 6.42 Å². The summed E-state index contributed by atoms with van der Waals surface area (Å²) in [4.78, 5) is 6.77. The molecule has 3 rings (SSSR count). The third-order valence-corrected chi connectivity index (χ3v) is 3.23. The molecule has 16 heavy (non-hydrogen) atoms. The van der Waals surface area contributed by atoms with Gasteiger partial charge in [0.15, 0.2) is 5.82 Å². The number of nitrogens with two attached hydrogens (primary N) is 1. The van der Waals surface area contributed by atoms with E-state index in [0.717, 1.165) is 24.3 Å². The molecule has 0 aromatic carbocycles. The smallest absolute Gasteiger partial charge is 0.154 e. The van der Waals surface area contributed by atoms with Gasteiger partial charge in [-0.25, -0.2) is 9.50 Å². The lowest BCUT2D eigenvalue weighted by Crippen LogP contribution is -2.36. The first-order chi connectivity index (χ1) is 7.90. The van der Waals surface area contributed by atoms with Crippen LogP contribution < -0.4 is 10.6 Å². The van der Waals surface area contributed by atoms with Gasteiger partial charge in [0.25, 0.3) is 0 Å². The molecular weight excluding hydrogens is 202 g/mol. The van der Waals surface area contributed by atoms with Crippen LogP contribution in [0.15, 0.2) is 24.7 Å². The minimum atomic E-state index is 0.425. The number of hydrogen-bond acceptors (Lipinski definition) is 4. The van der Waals surface area contributed by atoms with Crippen LogP contribution in [0.3, 0.4) is 0 Å². The highest BCUT2D eigenvalue weighted by Crippen LogP contribution is 2.26. The molecule has 0 radical (unpaired) electrons. The van der Waals surface area contributed by atoms with Crippen molar-refractivity contribution in [3.63, 3.8) is 0 Å². The summed E-state index contributed by atoms with van der Waals surface area (Å²) in [6.07, 6.45) is 7.81. The summed E-state index contributed by atoms with van der Waals surface area (Å²) in [7, 11) is 0. The van der Waals surface area contributed by atoms with Crippen LogP contribution >= 0.6 is 0 Å². The molecule has 5 heteroatoms. The van der Waals surface area contributed by atoms with Gasteiger partial charge < -0.3 is 10.6 Å². The second kappa shape index (κ2) is 3.75. The Balaban J connectivity index is 2.07. The third-order valence-electron chi connectivity index (χ3n) is 3.23. The molecule has 2 N–H and O–H groups in total. The standard InChI is InChI=1S/C11H15N5/c12-8-9-2-1-6-15(9)11-10-3-4-14-16(10)7-5-13-11/h3-5,7,9H,1-2,6,8,12H2. The van der Waals surface area contributed by atoms with Crippen LogP contribution in [0.2, 0.25) is 0 Å². The molecule has 1 aliphatic heterocycles. The summed E-state index contributed by atoms with van der Waals surface area (Å²) in [6.45, 7) is 1.73. The molecule has 1 saturated heterocycles. The Bertz CT molecular complexity index is 492. The Morgan fingerprint density at radius 1 is 1.44 bits per heavy atom. The summed E-state index contributed by atoms with van der Waals surface area (Å²) >= 11 is 0. The summed E-state index contributed by atoms with van der Waals surface area (Å²) in [6, 6.07) is 2.42. The van der Waals surface area contributed by atoms with Crippen molar-refractivity contribution in [3.8, 4) is 0 Å². The van der Waals surface area contributed by atoms with Crippen molar-refractivity contribution < 1.29 is 0 Å². The van der Waals surface area contributed by atoms with Gasteiger partial charge in [-0.05, 0) is 18.9 Å². The van der Waals surface area contributed by atoms with Gasteiger partial charge in [0.2, 0.25) is 0 Å². The van der Waals surface area contributed by atoms with Crippen LogP contribution in [0.25, 0.3) is 5.52 Å². The monoisotopic (exact) mass is 217 g/mol. The minimum absolute atomic E-state index is 0.425. The predicted octanol–water partition coefficient (Wildman–Crippen LogP) is 0.657. The van der Waals surface area contributed by atoms with Gasteiger partial charge in [-0.2, -0.15) is 5.10 Å². The average molecular weight is 217 g/mol. The normalized spacial score (nSPS) is 20.8. The summed E-state index contributed by atoms with van der Waals surface area (Å²) in [5, 5.41) is 4.22. The number of aromatic nitrogens is 3. The molecule has 2 aromatic rings. The maximum Gasteiger partial charge on any atom is 0.154 e.